The molecule has 2 aromatic rings. The van der Waals surface area contributed by atoms with Crippen molar-refractivity contribution in [2.45, 2.75) is 6.42 Å². The maximum Gasteiger partial charge on any atom is 0.272 e. The highest BCUT2D eigenvalue weighted by Crippen LogP contribution is 2.34. The Labute approximate surface area is 116 Å². The van der Waals surface area contributed by atoms with Crippen LogP contribution in [-0.2, 0) is 11.2 Å². The molecule has 0 saturated heterocycles. The number of hydrogen-bond acceptors (Lipinski definition) is 3. The van der Waals surface area contributed by atoms with Crippen molar-refractivity contribution >= 4 is 17.3 Å². The van der Waals surface area contributed by atoms with Gasteiger partial charge in [-0.3, -0.25) is 10.0 Å². The van der Waals surface area contributed by atoms with E-state index in [0.29, 0.717) is 12.0 Å². The summed E-state index contributed by atoms with van der Waals surface area (Å²) in [6.07, 6.45) is 2.27. The van der Waals surface area contributed by atoms with E-state index in [1.807, 2.05) is 59.5 Å². The summed E-state index contributed by atoms with van der Waals surface area (Å²) >= 11 is 0. The highest BCUT2D eigenvalue weighted by atomic mass is 16.5. The van der Waals surface area contributed by atoms with Crippen LogP contribution in [0.5, 0.6) is 0 Å². The van der Waals surface area contributed by atoms with Crippen LogP contribution in [-0.4, -0.2) is 11.1 Å². The van der Waals surface area contributed by atoms with Crippen LogP contribution in [0.2, 0.25) is 0 Å². The van der Waals surface area contributed by atoms with Gasteiger partial charge in [0.25, 0.3) is 5.91 Å². The number of anilines is 2. The lowest BCUT2D eigenvalue weighted by atomic mass is 9.98. The molecule has 2 aromatic carbocycles. The molecule has 0 unspecified atom stereocenters. The Hall–Kier alpha value is -2.59. The summed E-state index contributed by atoms with van der Waals surface area (Å²) in [5.74, 6) is -0.472. The number of rotatable bonds is 2. The number of amides is 1. The monoisotopic (exact) mass is 266 g/mol. The van der Waals surface area contributed by atoms with Crippen LogP contribution in [0.1, 0.15) is 5.56 Å². The summed E-state index contributed by atoms with van der Waals surface area (Å²) in [4.78, 5) is 13.7. The van der Waals surface area contributed by atoms with Crippen molar-refractivity contribution in [3.8, 4) is 0 Å². The Bertz CT molecular complexity index is 665. The predicted molar refractivity (Wildman–Crippen MR) is 76.7 cm³/mol. The molecule has 1 amide bonds. The van der Waals surface area contributed by atoms with Gasteiger partial charge >= 0.3 is 0 Å². The van der Waals surface area contributed by atoms with Gasteiger partial charge in [-0.2, -0.15) is 0 Å². The van der Waals surface area contributed by atoms with Gasteiger partial charge in [-0.1, -0.05) is 36.4 Å². The number of benzene rings is 2. The molecule has 4 heteroatoms. The zero-order valence-corrected chi connectivity index (χ0v) is 10.8. The maximum absolute atomic E-state index is 11.7. The molecule has 0 spiro atoms. The van der Waals surface area contributed by atoms with Gasteiger partial charge in [-0.25, -0.2) is 5.48 Å². The standard InChI is InChI=1S/C16H14N2O2/c19-16(17-20)13-10-12-6-4-5-9-15(12)18(11-13)14-7-2-1-3-8-14/h1-9,11,20H,10H2,(H,17,19). The van der Waals surface area contributed by atoms with E-state index in [9.17, 15) is 4.79 Å². The summed E-state index contributed by atoms with van der Waals surface area (Å²) in [6, 6.07) is 17.7. The minimum atomic E-state index is -0.472. The number of hydrogen-bond donors (Lipinski definition) is 2. The third-order valence-electron chi connectivity index (χ3n) is 3.34. The zero-order chi connectivity index (χ0) is 13.9. The number of hydroxylamine groups is 1. The van der Waals surface area contributed by atoms with Crippen LogP contribution >= 0.6 is 0 Å². The molecular formula is C16H14N2O2. The first-order chi connectivity index (χ1) is 9.79. The fraction of sp³-hybridized carbons (Fsp3) is 0.0625. The minimum Gasteiger partial charge on any atom is -0.316 e. The molecule has 20 heavy (non-hydrogen) atoms. The average molecular weight is 266 g/mol. The van der Waals surface area contributed by atoms with Crippen molar-refractivity contribution in [3.05, 3.63) is 71.9 Å². The number of fused-ring (bicyclic) bond motifs is 1. The molecule has 1 aliphatic rings. The summed E-state index contributed by atoms with van der Waals surface area (Å²) in [6.45, 7) is 0. The third kappa shape index (κ3) is 2.17. The first kappa shape index (κ1) is 12.4. The fourth-order valence-electron chi connectivity index (χ4n) is 2.38. The molecule has 1 heterocycles. The second-order valence-electron chi connectivity index (χ2n) is 4.61. The molecule has 3 rings (SSSR count). The lowest BCUT2D eigenvalue weighted by molar-refractivity contribution is -0.125. The van der Waals surface area contributed by atoms with Gasteiger partial charge in [0.2, 0.25) is 0 Å². The lowest BCUT2D eigenvalue weighted by Gasteiger charge is -2.28. The van der Waals surface area contributed by atoms with Crippen molar-refractivity contribution in [2.24, 2.45) is 0 Å². The average Bonchev–Trinajstić information content (AvgIpc) is 2.54. The Morgan fingerprint density at radius 1 is 1.05 bits per heavy atom. The maximum atomic E-state index is 11.7. The second-order valence-corrected chi connectivity index (χ2v) is 4.61. The lowest BCUT2D eigenvalue weighted by Crippen LogP contribution is -2.27. The van der Waals surface area contributed by atoms with E-state index in [4.69, 9.17) is 5.21 Å². The molecule has 0 radical (unpaired) electrons. The fourth-order valence-corrected chi connectivity index (χ4v) is 2.38. The second kappa shape index (κ2) is 5.19. The van der Waals surface area contributed by atoms with Gasteiger partial charge in [0, 0.05) is 29.6 Å². The molecule has 0 bridgehead atoms. The summed E-state index contributed by atoms with van der Waals surface area (Å²) in [5, 5.41) is 8.83. The Morgan fingerprint density at radius 3 is 2.50 bits per heavy atom. The molecule has 100 valence electrons. The number of nitrogens with one attached hydrogen (secondary N) is 1. The summed E-state index contributed by atoms with van der Waals surface area (Å²) < 4.78 is 0. The van der Waals surface area contributed by atoms with E-state index in [1.165, 1.54) is 0 Å². The van der Waals surface area contributed by atoms with Crippen molar-refractivity contribution in [1.82, 2.24) is 5.48 Å². The van der Waals surface area contributed by atoms with Gasteiger partial charge in [-0.15, -0.1) is 0 Å². The van der Waals surface area contributed by atoms with Crippen molar-refractivity contribution in [3.63, 3.8) is 0 Å². The highest BCUT2D eigenvalue weighted by Gasteiger charge is 2.21. The van der Waals surface area contributed by atoms with Crippen LogP contribution < -0.4 is 10.4 Å². The molecule has 0 aliphatic carbocycles. The van der Waals surface area contributed by atoms with E-state index >= 15 is 0 Å². The SMILES string of the molecule is O=C(NO)C1=CN(c2ccccc2)c2ccccc2C1. The van der Waals surface area contributed by atoms with E-state index in [2.05, 4.69) is 0 Å². The first-order valence-electron chi connectivity index (χ1n) is 6.37. The first-order valence-corrected chi connectivity index (χ1v) is 6.37. The Morgan fingerprint density at radius 2 is 1.75 bits per heavy atom. The molecular weight excluding hydrogens is 252 g/mol. The topological polar surface area (TPSA) is 52.6 Å². The van der Waals surface area contributed by atoms with E-state index < -0.39 is 5.91 Å². The van der Waals surface area contributed by atoms with Crippen molar-refractivity contribution < 1.29 is 10.0 Å². The van der Waals surface area contributed by atoms with Crippen molar-refractivity contribution in [2.75, 3.05) is 4.90 Å². The normalized spacial score (nSPS) is 13.4. The smallest absolute Gasteiger partial charge is 0.272 e. The summed E-state index contributed by atoms with van der Waals surface area (Å²) in [7, 11) is 0. The number of carbonyl (C=O) groups excluding carboxylic acids is 1. The van der Waals surface area contributed by atoms with Crippen LogP contribution in [0.15, 0.2) is 66.4 Å². The van der Waals surface area contributed by atoms with Gasteiger partial charge in [0.1, 0.15) is 0 Å². The molecule has 1 aliphatic heterocycles. The van der Waals surface area contributed by atoms with Crippen LogP contribution in [0.4, 0.5) is 11.4 Å². The Kier molecular flexibility index (Phi) is 3.23. The molecule has 0 fully saturated rings. The van der Waals surface area contributed by atoms with Gasteiger partial charge in [-0.05, 0) is 23.8 Å². The van der Waals surface area contributed by atoms with Gasteiger partial charge < -0.3 is 4.90 Å². The van der Waals surface area contributed by atoms with Gasteiger partial charge in [0.15, 0.2) is 0 Å². The molecule has 0 saturated carbocycles. The highest BCUT2D eigenvalue weighted by molar-refractivity contribution is 5.95. The van der Waals surface area contributed by atoms with E-state index in [-0.39, 0.29) is 0 Å². The zero-order valence-electron chi connectivity index (χ0n) is 10.8. The molecule has 2 N–H and O–H groups in total. The number of carbonyl (C=O) groups is 1. The quantitative estimate of drug-likeness (QED) is 0.649. The van der Waals surface area contributed by atoms with Gasteiger partial charge in [0.05, 0.1) is 0 Å². The Balaban J connectivity index is 2.10. The molecule has 4 nitrogen and oxygen atoms in total. The third-order valence-corrected chi connectivity index (χ3v) is 3.34. The minimum absolute atomic E-state index is 0.472. The van der Waals surface area contributed by atoms with E-state index in [0.717, 1.165) is 16.9 Å². The van der Waals surface area contributed by atoms with Crippen LogP contribution in [0.3, 0.4) is 0 Å². The largest absolute Gasteiger partial charge is 0.316 e. The molecule has 0 atom stereocenters. The van der Waals surface area contributed by atoms with Crippen LogP contribution in [0.25, 0.3) is 0 Å². The van der Waals surface area contributed by atoms with Crippen LogP contribution in [0, 0.1) is 0 Å². The molecule has 0 aromatic heterocycles. The summed E-state index contributed by atoms with van der Waals surface area (Å²) in [5.41, 5.74) is 5.30. The van der Waals surface area contributed by atoms with Crippen molar-refractivity contribution in [1.29, 1.82) is 0 Å². The number of para-hydroxylation sites is 2. The predicted octanol–water partition coefficient (Wildman–Crippen LogP) is 2.77. The van der Waals surface area contributed by atoms with E-state index in [1.54, 1.807) is 11.7 Å². The number of nitrogens with zero attached hydrogens (tertiary/aromatic N) is 1.